The molecule has 0 atom stereocenters. The highest BCUT2D eigenvalue weighted by atomic mass is 35.5. The molecule has 1 aromatic rings. The van der Waals surface area contributed by atoms with Crippen LogP contribution < -0.4 is 5.32 Å². The molecule has 0 aliphatic rings. The molecule has 1 amide bonds. The third-order valence-corrected chi connectivity index (χ3v) is 2.74. The second-order valence-electron chi connectivity index (χ2n) is 3.79. The molecule has 0 radical (unpaired) electrons. The number of furan rings is 1. The van der Waals surface area contributed by atoms with Gasteiger partial charge in [0.05, 0.1) is 5.88 Å². The van der Waals surface area contributed by atoms with Crippen LogP contribution in [0.2, 0.25) is 0 Å². The van der Waals surface area contributed by atoms with Crippen molar-refractivity contribution in [3.63, 3.8) is 0 Å². The topological polar surface area (TPSA) is 42.2 Å². The minimum absolute atomic E-state index is 0.157. The number of halogens is 1. The summed E-state index contributed by atoms with van der Waals surface area (Å²) < 4.78 is 5.33. The summed E-state index contributed by atoms with van der Waals surface area (Å²) in [4.78, 5) is 11.6. The zero-order valence-electron chi connectivity index (χ0n) is 9.81. The van der Waals surface area contributed by atoms with E-state index in [1.165, 1.54) is 0 Å². The number of amides is 1. The van der Waals surface area contributed by atoms with Crippen LogP contribution in [-0.2, 0) is 5.88 Å². The fraction of sp³-hybridized carbons (Fsp3) is 0.583. The average molecular weight is 244 g/mol. The Kier molecular flexibility index (Phi) is 5.39. The highest BCUT2D eigenvalue weighted by Crippen LogP contribution is 2.16. The first-order chi connectivity index (χ1) is 7.69. The quantitative estimate of drug-likeness (QED) is 0.616. The standard InChI is InChI=1S/C12H18ClNO2/c1-3-4-5-6-14-12(15)11-7-10(8-13)9(2)16-11/h7H,3-6,8H2,1-2H3,(H,14,15). The van der Waals surface area contributed by atoms with E-state index >= 15 is 0 Å². The van der Waals surface area contributed by atoms with E-state index in [4.69, 9.17) is 16.0 Å². The van der Waals surface area contributed by atoms with Gasteiger partial charge in [0.25, 0.3) is 5.91 Å². The van der Waals surface area contributed by atoms with E-state index in [0.29, 0.717) is 23.9 Å². The number of carbonyl (C=O) groups excluding carboxylic acids is 1. The Morgan fingerprint density at radius 2 is 2.25 bits per heavy atom. The molecule has 1 aromatic heterocycles. The van der Waals surface area contributed by atoms with Crippen molar-refractivity contribution in [2.75, 3.05) is 6.54 Å². The maximum Gasteiger partial charge on any atom is 0.287 e. The number of aryl methyl sites for hydroxylation is 1. The maximum atomic E-state index is 11.6. The number of nitrogens with one attached hydrogen (secondary N) is 1. The summed E-state index contributed by atoms with van der Waals surface area (Å²) in [7, 11) is 0. The lowest BCUT2D eigenvalue weighted by molar-refractivity contribution is 0.0924. The van der Waals surface area contributed by atoms with Crippen molar-refractivity contribution >= 4 is 17.5 Å². The van der Waals surface area contributed by atoms with Crippen LogP contribution in [0.3, 0.4) is 0 Å². The predicted octanol–water partition coefficient (Wildman–Crippen LogP) is 3.25. The van der Waals surface area contributed by atoms with Crippen molar-refractivity contribution < 1.29 is 9.21 Å². The van der Waals surface area contributed by atoms with Gasteiger partial charge < -0.3 is 9.73 Å². The van der Waals surface area contributed by atoms with Crippen LogP contribution >= 0.6 is 11.6 Å². The number of unbranched alkanes of at least 4 members (excludes halogenated alkanes) is 2. The van der Waals surface area contributed by atoms with Gasteiger partial charge in [0.15, 0.2) is 5.76 Å². The van der Waals surface area contributed by atoms with Gasteiger partial charge in [-0.25, -0.2) is 0 Å². The first-order valence-corrected chi connectivity index (χ1v) is 6.16. The SMILES string of the molecule is CCCCCNC(=O)c1cc(CCl)c(C)o1. The Morgan fingerprint density at radius 1 is 1.50 bits per heavy atom. The van der Waals surface area contributed by atoms with Crippen LogP contribution in [0.4, 0.5) is 0 Å². The second-order valence-corrected chi connectivity index (χ2v) is 4.06. The van der Waals surface area contributed by atoms with E-state index in [0.717, 1.165) is 24.8 Å². The van der Waals surface area contributed by atoms with E-state index < -0.39 is 0 Å². The molecule has 1 rings (SSSR count). The van der Waals surface area contributed by atoms with Gasteiger partial charge in [-0.15, -0.1) is 11.6 Å². The van der Waals surface area contributed by atoms with Crippen LogP contribution in [0.15, 0.2) is 10.5 Å². The van der Waals surface area contributed by atoms with Crippen molar-refractivity contribution in [3.05, 3.63) is 23.2 Å². The van der Waals surface area contributed by atoms with Gasteiger partial charge in [-0.3, -0.25) is 4.79 Å². The van der Waals surface area contributed by atoms with Crippen molar-refractivity contribution in [1.82, 2.24) is 5.32 Å². The molecule has 0 aromatic carbocycles. The van der Waals surface area contributed by atoms with Crippen LogP contribution in [-0.4, -0.2) is 12.5 Å². The van der Waals surface area contributed by atoms with Gasteiger partial charge in [0.2, 0.25) is 0 Å². The molecule has 0 aliphatic heterocycles. The number of rotatable bonds is 6. The van der Waals surface area contributed by atoms with Crippen molar-refractivity contribution in [3.8, 4) is 0 Å². The average Bonchev–Trinajstić information content (AvgIpc) is 2.66. The van der Waals surface area contributed by atoms with Gasteiger partial charge >= 0.3 is 0 Å². The summed E-state index contributed by atoms with van der Waals surface area (Å²) in [6, 6.07) is 1.71. The van der Waals surface area contributed by atoms with Crippen molar-refractivity contribution in [1.29, 1.82) is 0 Å². The predicted molar refractivity (Wildman–Crippen MR) is 64.9 cm³/mol. The van der Waals surface area contributed by atoms with E-state index in [1.54, 1.807) is 6.07 Å². The Hall–Kier alpha value is -0.960. The third kappa shape index (κ3) is 3.56. The molecular weight excluding hydrogens is 226 g/mol. The lowest BCUT2D eigenvalue weighted by atomic mass is 10.2. The summed E-state index contributed by atoms with van der Waals surface area (Å²) in [6.45, 7) is 4.64. The summed E-state index contributed by atoms with van der Waals surface area (Å²) in [5, 5.41) is 2.82. The number of hydrogen-bond acceptors (Lipinski definition) is 2. The van der Waals surface area contributed by atoms with Crippen molar-refractivity contribution in [2.24, 2.45) is 0 Å². The summed E-state index contributed by atoms with van der Waals surface area (Å²) in [5.74, 6) is 1.28. The molecule has 0 saturated carbocycles. The summed E-state index contributed by atoms with van der Waals surface area (Å²) >= 11 is 5.70. The smallest absolute Gasteiger partial charge is 0.287 e. The van der Waals surface area contributed by atoms with E-state index in [-0.39, 0.29) is 5.91 Å². The first-order valence-electron chi connectivity index (χ1n) is 5.62. The fourth-order valence-electron chi connectivity index (χ4n) is 1.43. The minimum Gasteiger partial charge on any atom is -0.456 e. The molecule has 0 bridgehead atoms. The largest absolute Gasteiger partial charge is 0.456 e. The summed E-state index contributed by atoms with van der Waals surface area (Å²) in [6.07, 6.45) is 3.28. The molecule has 1 heterocycles. The Balaban J connectivity index is 2.46. The first kappa shape index (κ1) is 13.1. The molecule has 0 spiro atoms. The molecule has 1 N–H and O–H groups in total. The molecule has 90 valence electrons. The second kappa shape index (κ2) is 6.59. The number of alkyl halides is 1. The highest BCUT2D eigenvalue weighted by Gasteiger charge is 2.12. The number of carbonyl (C=O) groups is 1. The van der Waals surface area contributed by atoms with Crippen LogP contribution in [0, 0.1) is 6.92 Å². The third-order valence-electron chi connectivity index (χ3n) is 2.45. The Morgan fingerprint density at radius 3 is 2.81 bits per heavy atom. The van der Waals surface area contributed by atoms with Crippen LogP contribution in [0.5, 0.6) is 0 Å². The molecular formula is C12H18ClNO2. The van der Waals surface area contributed by atoms with E-state index in [9.17, 15) is 4.79 Å². The zero-order valence-corrected chi connectivity index (χ0v) is 10.6. The maximum absolute atomic E-state index is 11.6. The lowest BCUT2D eigenvalue weighted by Crippen LogP contribution is -2.23. The molecule has 0 saturated heterocycles. The summed E-state index contributed by atoms with van der Waals surface area (Å²) in [5.41, 5.74) is 0.875. The monoisotopic (exact) mass is 243 g/mol. The molecule has 0 aliphatic carbocycles. The van der Waals surface area contributed by atoms with Gasteiger partial charge in [-0.1, -0.05) is 19.8 Å². The molecule has 0 fully saturated rings. The van der Waals surface area contributed by atoms with E-state index in [1.807, 2.05) is 6.92 Å². The van der Waals surface area contributed by atoms with Gasteiger partial charge in [0.1, 0.15) is 5.76 Å². The van der Waals surface area contributed by atoms with E-state index in [2.05, 4.69) is 12.2 Å². The zero-order chi connectivity index (χ0) is 12.0. The Bertz CT molecular complexity index is 347. The highest BCUT2D eigenvalue weighted by molar-refractivity contribution is 6.17. The minimum atomic E-state index is -0.157. The van der Waals surface area contributed by atoms with Crippen LogP contribution in [0.25, 0.3) is 0 Å². The molecule has 3 nitrogen and oxygen atoms in total. The molecule has 16 heavy (non-hydrogen) atoms. The van der Waals surface area contributed by atoms with Crippen molar-refractivity contribution in [2.45, 2.75) is 39.0 Å². The number of hydrogen-bond donors (Lipinski definition) is 1. The molecule has 4 heteroatoms. The van der Waals surface area contributed by atoms with Gasteiger partial charge in [-0.05, 0) is 19.4 Å². The normalized spacial score (nSPS) is 10.4. The Labute approximate surface area is 101 Å². The lowest BCUT2D eigenvalue weighted by Gasteiger charge is -2.01. The van der Waals surface area contributed by atoms with Gasteiger partial charge in [-0.2, -0.15) is 0 Å². The van der Waals surface area contributed by atoms with Crippen LogP contribution in [0.1, 0.15) is 48.1 Å². The van der Waals surface area contributed by atoms with Gasteiger partial charge in [0, 0.05) is 12.1 Å². The fourth-order valence-corrected chi connectivity index (χ4v) is 1.69. The molecule has 0 unspecified atom stereocenters.